The van der Waals surface area contributed by atoms with E-state index < -0.39 is 12.1 Å². The van der Waals surface area contributed by atoms with Crippen molar-refractivity contribution in [3.05, 3.63) is 23.8 Å². The summed E-state index contributed by atoms with van der Waals surface area (Å²) in [5, 5.41) is 18.1. The van der Waals surface area contributed by atoms with Gasteiger partial charge in [-0.15, -0.1) is 0 Å². The van der Waals surface area contributed by atoms with Crippen molar-refractivity contribution in [2.75, 3.05) is 7.11 Å². The van der Waals surface area contributed by atoms with E-state index in [1.54, 1.807) is 6.07 Å². The van der Waals surface area contributed by atoms with Crippen molar-refractivity contribution in [2.45, 2.75) is 25.0 Å². The van der Waals surface area contributed by atoms with Crippen molar-refractivity contribution >= 4 is 5.97 Å². The van der Waals surface area contributed by atoms with Crippen molar-refractivity contribution in [3.63, 3.8) is 0 Å². The predicted octanol–water partition coefficient (Wildman–Crippen LogP) is 1.35. The van der Waals surface area contributed by atoms with E-state index in [2.05, 4.69) is 0 Å². The third-order valence-electron chi connectivity index (χ3n) is 2.56. The Morgan fingerprint density at radius 2 is 2.12 bits per heavy atom. The maximum Gasteiger partial charge on any atom is 0.337 e. The molecule has 1 atom stereocenters. The Kier molecular flexibility index (Phi) is 3.19. The fourth-order valence-electron chi connectivity index (χ4n) is 1.46. The second kappa shape index (κ2) is 4.63. The minimum absolute atomic E-state index is 0.235. The first kappa shape index (κ1) is 11.7. The molecule has 5 heteroatoms. The molecule has 1 unspecified atom stereocenters. The summed E-state index contributed by atoms with van der Waals surface area (Å²) in [6.07, 6.45) is 0.753. The number of carbonyl (C=O) groups is 1. The number of rotatable bonds is 5. The summed E-state index contributed by atoms with van der Waals surface area (Å²) in [6.45, 7) is 0. The zero-order valence-corrected chi connectivity index (χ0v) is 9.42. The van der Waals surface area contributed by atoms with Gasteiger partial charge < -0.3 is 19.7 Å². The average Bonchev–Trinajstić information content (AvgIpc) is 3.12. The minimum atomic E-state index is -1.54. The van der Waals surface area contributed by atoms with E-state index in [9.17, 15) is 9.90 Å². The molecule has 1 aliphatic carbocycles. The van der Waals surface area contributed by atoms with Crippen LogP contribution in [0.3, 0.4) is 0 Å². The van der Waals surface area contributed by atoms with Gasteiger partial charge in [0.1, 0.15) is 0 Å². The number of hydrogen-bond donors (Lipinski definition) is 2. The van der Waals surface area contributed by atoms with E-state index in [1.807, 2.05) is 0 Å². The second-order valence-electron chi connectivity index (χ2n) is 3.97. The van der Waals surface area contributed by atoms with Gasteiger partial charge in [-0.25, -0.2) is 4.79 Å². The Hall–Kier alpha value is -1.75. The van der Waals surface area contributed by atoms with Crippen LogP contribution >= 0.6 is 0 Å². The summed E-state index contributed by atoms with van der Waals surface area (Å²) < 4.78 is 10.7. The second-order valence-corrected chi connectivity index (χ2v) is 3.97. The molecule has 1 aromatic carbocycles. The molecule has 17 heavy (non-hydrogen) atoms. The number of benzene rings is 1. The van der Waals surface area contributed by atoms with Gasteiger partial charge in [0.2, 0.25) is 0 Å². The van der Waals surface area contributed by atoms with E-state index in [0.29, 0.717) is 11.5 Å². The molecule has 0 bridgehead atoms. The van der Waals surface area contributed by atoms with Crippen molar-refractivity contribution in [1.82, 2.24) is 0 Å². The average molecular weight is 238 g/mol. The number of aliphatic hydroxyl groups excluding tert-OH is 1. The van der Waals surface area contributed by atoms with E-state index in [-0.39, 0.29) is 11.7 Å². The highest BCUT2D eigenvalue weighted by Gasteiger charge is 2.25. The van der Waals surface area contributed by atoms with Crippen LogP contribution in [0.1, 0.15) is 24.5 Å². The van der Waals surface area contributed by atoms with Crippen LogP contribution in [-0.4, -0.2) is 29.4 Å². The molecule has 0 saturated heterocycles. The highest BCUT2D eigenvalue weighted by molar-refractivity contribution is 5.74. The molecule has 0 aliphatic heterocycles. The SMILES string of the molecule is COc1cc(C(O)C(=O)O)ccc1OC1CC1. The molecule has 2 N–H and O–H groups in total. The van der Waals surface area contributed by atoms with Gasteiger partial charge in [-0.2, -0.15) is 0 Å². The first-order valence-electron chi connectivity index (χ1n) is 5.37. The van der Waals surface area contributed by atoms with E-state index in [0.717, 1.165) is 12.8 Å². The van der Waals surface area contributed by atoms with Crippen molar-refractivity contribution in [2.24, 2.45) is 0 Å². The summed E-state index contributed by atoms with van der Waals surface area (Å²) in [7, 11) is 1.48. The van der Waals surface area contributed by atoms with Crippen LogP contribution in [-0.2, 0) is 4.79 Å². The van der Waals surface area contributed by atoms with Crippen LogP contribution in [0.25, 0.3) is 0 Å². The van der Waals surface area contributed by atoms with Crippen molar-refractivity contribution < 1.29 is 24.5 Å². The summed E-state index contributed by atoms with van der Waals surface area (Å²) >= 11 is 0. The number of ether oxygens (including phenoxy) is 2. The Labute approximate surface area is 98.6 Å². The lowest BCUT2D eigenvalue weighted by molar-refractivity contribution is -0.146. The highest BCUT2D eigenvalue weighted by atomic mass is 16.5. The highest BCUT2D eigenvalue weighted by Crippen LogP contribution is 2.35. The summed E-state index contributed by atoms with van der Waals surface area (Å²) in [5.74, 6) is -0.269. The van der Waals surface area contributed by atoms with Gasteiger partial charge in [0.25, 0.3) is 0 Å². The molecule has 1 aromatic rings. The molecule has 0 heterocycles. The predicted molar refractivity (Wildman–Crippen MR) is 59.2 cm³/mol. The Bertz CT molecular complexity index is 425. The van der Waals surface area contributed by atoms with Gasteiger partial charge in [-0.1, -0.05) is 6.07 Å². The number of methoxy groups -OCH3 is 1. The summed E-state index contributed by atoms with van der Waals surface area (Å²) in [5.41, 5.74) is 0.275. The van der Waals surface area contributed by atoms with E-state index in [1.165, 1.54) is 19.2 Å². The molecule has 0 radical (unpaired) electrons. The molecule has 1 saturated carbocycles. The zero-order valence-electron chi connectivity index (χ0n) is 9.42. The van der Waals surface area contributed by atoms with Crippen LogP contribution in [0.5, 0.6) is 11.5 Å². The van der Waals surface area contributed by atoms with Crippen molar-refractivity contribution in [3.8, 4) is 11.5 Å². The minimum Gasteiger partial charge on any atom is -0.493 e. The van der Waals surface area contributed by atoms with Gasteiger partial charge in [-0.3, -0.25) is 0 Å². The van der Waals surface area contributed by atoms with Gasteiger partial charge in [0.05, 0.1) is 13.2 Å². The first-order valence-corrected chi connectivity index (χ1v) is 5.37. The van der Waals surface area contributed by atoms with Crippen LogP contribution in [0, 0.1) is 0 Å². The Morgan fingerprint density at radius 3 is 2.65 bits per heavy atom. The van der Waals surface area contributed by atoms with E-state index >= 15 is 0 Å². The number of carboxylic acids is 1. The van der Waals surface area contributed by atoms with Gasteiger partial charge in [0, 0.05) is 0 Å². The molecule has 1 aliphatic rings. The molecular formula is C12H14O5. The van der Waals surface area contributed by atoms with Crippen LogP contribution in [0.2, 0.25) is 0 Å². The van der Waals surface area contributed by atoms with Crippen LogP contribution in [0.15, 0.2) is 18.2 Å². The molecule has 92 valence electrons. The largest absolute Gasteiger partial charge is 0.493 e. The summed E-state index contributed by atoms with van der Waals surface area (Å²) in [6, 6.07) is 4.63. The van der Waals surface area contributed by atoms with Crippen LogP contribution < -0.4 is 9.47 Å². The standard InChI is InChI=1S/C12H14O5/c1-16-10-6-7(11(13)12(14)15)2-5-9(10)17-8-3-4-8/h2,5-6,8,11,13H,3-4H2,1H3,(H,14,15). The molecule has 5 nitrogen and oxygen atoms in total. The fraction of sp³-hybridized carbons (Fsp3) is 0.417. The fourth-order valence-corrected chi connectivity index (χ4v) is 1.46. The topological polar surface area (TPSA) is 76.0 Å². The van der Waals surface area contributed by atoms with Gasteiger partial charge >= 0.3 is 5.97 Å². The molecule has 0 spiro atoms. The third-order valence-corrected chi connectivity index (χ3v) is 2.56. The smallest absolute Gasteiger partial charge is 0.337 e. The third kappa shape index (κ3) is 2.68. The normalized spacial score (nSPS) is 16.4. The van der Waals surface area contributed by atoms with Crippen molar-refractivity contribution in [1.29, 1.82) is 0 Å². The molecule has 2 rings (SSSR count). The lowest BCUT2D eigenvalue weighted by Crippen LogP contribution is -2.10. The molecule has 1 fully saturated rings. The maximum atomic E-state index is 10.6. The van der Waals surface area contributed by atoms with Crippen LogP contribution in [0.4, 0.5) is 0 Å². The summed E-state index contributed by atoms with van der Waals surface area (Å²) in [4.78, 5) is 10.6. The number of carboxylic acid groups (broad SMARTS) is 1. The Balaban J connectivity index is 2.22. The number of aliphatic hydroxyl groups is 1. The van der Waals surface area contributed by atoms with E-state index in [4.69, 9.17) is 14.6 Å². The lowest BCUT2D eigenvalue weighted by atomic mass is 10.1. The van der Waals surface area contributed by atoms with Gasteiger partial charge in [-0.05, 0) is 30.5 Å². The molecular weight excluding hydrogens is 224 g/mol. The van der Waals surface area contributed by atoms with Gasteiger partial charge in [0.15, 0.2) is 17.6 Å². The molecule has 0 aromatic heterocycles. The lowest BCUT2D eigenvalue weighted by Gasteiger charge is -2.12. The maximum absolute atomic E-state index is 10.6. The first-order chi connectivity index (χ1) is 8.11. The number of hydrogen-bond acceptors (Lipinski definition) is 4. The quantitative estimate of drug-likeness (QED) is 0.809. The zero-order chi connectivity index (χ0) is 12.4. The number of aliphatic carboxylic acids is 1. The Morgan fingerprint density at radius 1 is 1.41 bits per heavy atom. The monoisotopic (exact) mass is 238 g/mol. The molecule has 0 amide bonds.